The first-order valence-corrected chi connectivity index (χ1v) is 8.39. The average molecular weight is 304 g/mol. The molecule has 5 heteroatoms. The Bertz CT molecular complexity index is 694. The summed E-state index contributed by atoms with van der Waals surface area (Å²) in [6, 6.07) is 14.2. The van der Waals surface area contributed by atoms with Gasteiger partial charge in [0.2, 0.25) is 0 Å². The highest BCUT2D eigenvalue weighted by Gasteiger charge is 2.14. The lowest BCUT2D eigenvalue weighted by Crippen LogP contribution is -2.13. The van der Waals surface area contributed by atoms with Gasteiger partial charge in [-0.05, 0) is 55.6 Å². The van der Waals surface area contributed by atoms with Crippen LogP contribution in [0.5, 0.6) is 0 Å². The van der Waals surface area contributed by atoms with E-state index in [1.54, 1.807) is 24.3 Å². The van der Waals surface area contributed by atoms with Crippen LogP contribution in [0.3, 0.4) is 0 Å². The molecule has 112 valence electrons. The van der Waals surface area contributed by atoms with Gasteiger partial charge in [-0.3, -0.25) is 4.72 Å². The molecular weight excluding hydrogens is 284 g/mol. The summed E-state index contributed by atoms with van der Waals surface area (Å²) in [5.41, 5.74) is 8.05. The molecule has 4 nitrogen and oxygen atoms in total. The molecule has 0 bridgehead atoms. The zero-order valence-corrected chi connectivity index (χ0v) is 12.9. The van der Waals surface area contributed by atoms with Crippen LogP contribution in [0.25, 0.3) is 0 Å². The second-order valence-electron chi connectivity index (χ2n) is 4.96. The third kappa shape index (κ3) is 4.06. The smallest absolute Gasteiger partial charge is 0.261 e. The molecule has 0 aliphatic carbocycles. The van der Waals surface area contributed by atoms with E-state index in [-0.39, 0.29) is 4.90 Å². The van der Waals surface area contributed by atoms with Crippen LogP contribution in [-0.4, -0.2) is 15.0 Å². The maximum atomic E-state index is 12.3. The summed E-state index contributed by atoms with van der Waals surface area (Å²) in [7, 11) is -3.55. The molecular formula is C16H20N2O2S. The first kappa shape index (κ1) is 15.5. The number of rotatable bonds is 6. The standard InChI is InChI=1S/C16H20N2O2S/c1-13-5-2-3-7-16(13)18-21(19,20)15-10-8-14(9-11-15)6-4-12-17/h2-3,5,7-11,18H,4,6,12,17H2,1H3. The van der Waals surface area contributed by atoms with E-state index in [2.05, 4.69) is 4.72 Å². The lowest BCUT2D eigenvalue weighted by molar-refractivity contribution is 0.601. The summed E-state index contributed by atoms with van der Waals surface area (Å²) in [5, 5.41) is 0. The Morgan fingerprint density at radius 3 is 2.33 bits per heavy atom. The SMILES string of the molecule is Cc1ccccc1NS(=O)(=O)c1ccc(CCCN)cc1. The van der Waals surface area contributed by atoms with Gasteiger partial charge >= 0.3 is 0 Å². The molecule has 3 N–H and O–H groups in total. The lowest BCUT2D eigenvalue weighted by Gasteiger charge is -2.10. The number of benzene rings is 2. The molecule has 2 aromatic rings. The van der Waals surface area contributed by atoms with Gasteiger partial charge in [-0.25, -0.2) is 8.42 Å². The number of anilines is 1. The van der Waals surface area contributed by atoms with Gasteiger partial charge in [-0.15, -0.1) is 0 Å². The van der Waals surface area contributed by atoms with Crippen LogP contribution in [0, 0.1) is 6.92 Å². The van der Waals surface area contributed by atoms with Crippen LogP contribution in [0.4, 0.5) is 5.69 Å². The monoisotopic (exact) mass is 304 g/mol. The van der Waals surface area contributed by atoms with Gasteiger partial charge in [0.25, 0.3) is 10.0 Å². The van der Waals surface area contributed by atoms with Crippen molar-refractivity contribution < 1.29 is 8.42 Å². The molecule has 0 spiro atoms. The van der Waals surface area contributed by atoms with Gasteiger partial charge in [0.15, 0.2) is 0 Å². The maximum Gasteiger partial charge on any atom is 0.261 e. The molecule has 0 saturated heterocycles. The van der Waals surface area contributed by atoms with Crippen molar-refractivity contribution in [1.29, 1.82) is 0 Å². The number of hydrogen-bond donors (Lipinski definition) is 2. The number of para-hydroxylation sites is 1. The van der Waals surface area contributed by atoms with E-state index in [1.807, 2.05) is 31.2 Å². The quantitative estimate of drug-likeness (QED) is 0.862. The second kappa shape index (κ2) is 6.74. The number of aryl methyl sites for hydroxylation is 2. The minimum absolute atomic E-state index is 0.266. The molecule has 0 amide bonds. The zero-order valence-electron chi connectivity index (χ0n) is 12.0. The third-order valence-corrected chi connectivity index (χ3v) is 4.67. The number of hydrogen-bond acceptors (Lipinski definition) is 3. The Labute approximate surface area is 126 Å². The Balaban J connectivity index is 2.18. The molecule has 0 heterocycles. The van der Waals surface area contributed by atoms with Crippen LogP contribution >= 0.6 is 0 Å². The fraction of sp³-hybridized carbons (Fsp3) is 0.250. The van der Waals surface area contributed by atoms with Crippen LogP contribution in [0.15, 0.2) is 53.4 Å². The average Bonchev–Trinajstić information content (AvgIpc) is 2.48. The molecule has 2 aromatic carbocycles. The normalized spacial score (nSPS) is 11.3. The maximum absolute atomic E-state index is 12.3. The Hall–Kier alpha value is -1.85. The lowest BCUT2D eigenvalue weighted by atomic mass is 10.1. The van der Waals surface area contributed by atoms with Crippen LogP contribution in [0.1, 0.15) is 17.5 Å². The number of nitrogens with two attached hydrogens (primary N) is 1. The van der Waals surface area contributed by atoms with Crippen molar-refractivity contribution in [2.24, 2.45) is 5.73 Å². The minimum Gasteiger partial charge on any atom is -0.330 e. The van der Waals surface area contributed by atoms with Crippen molar-refractivity contribution in [2.45, 2.75) is 24.7 Å². The minimum atomic E-state index is -3.55. The number of sulfonamides is 1. The van der Waals surface area contributed by atoms with E-state index in [4.69, 9.17) is 5.73 Å². The highest BCUT2D eigenvalue weighted by molar-refractivity contribution is 7.92. The van der Waals surface area contributed by atoms with Crippen molar-refractivity contribution >= 4 is 15.7 Å². The molecule has 0 radical (unpaired) electrons. The van der Waals surface area contributed by atoms with E-state index < -0.39 is 10.0 Å². The second-order valence-corrected chi connectivity index (χ2v) is 6.64. The summed E-state index contributed by atoms with van der Waals surface area (Å²) in [6.45, 7) is 2.50. The summed E-state index contributed by atoms with van der Waals surface area (Å²) in [5.74, 6) is 0. The van der Waals surface area contributed by atoms with Crippen molar-refractivity contribution in [2.75, 3.05) is 11.3 Å². The Kier molecular flexibility index (Phi) is 4.98. The summed E-state index contributed by atoms with van der Waals surface area (Å²) in [4.78, 5) is 0.266. The molecule has 0 aliphatic rings. The highest BCUT2D eigenvalue weighted by Crippen LogP contribution is 2.19. The predicted molar refractivity (Wildman–Crippen MR) is 85.8 cm³/mol. The van der Waals surface area contributed by atoms with Gasteiger partial charge in [0.1, 0.15) is 0 Å². The van der Waals surface area contributed by atoms with Crippen molar-refractivity contribution in [3.8, 4) is 0 Å². The summed E-state index contributed by atoms with van der Waals surface area (Å²) >= 11 is 0. The molecule has 0 aromatic heterocycles. The van der Waals surface area contributed by atoms with Gasteiger partial charge in [-0.1, -0.05) is 30.3 Å². The zero-order chi connectivity index (χ0) is 15.3. The molecule has 21 heavy (non-hydrogen) atoms. The van der Waals surface area contributed by atoms with Gasteiger partial charge in [-0.2, -0.15) is 0 Å². The fourth-order valence-electron chi connectivity index (χ4n) is 2.03. The van der Waals surface area contributed by atoms with Gasteiger partial charge in [0.05, 0.1) is 10.6 Å². The first-order chi connectivity index (χ1) is 10.0. The van der Waals surface area contributed by atoms with Crippen LogP contribution in [0.2, 0.25) is 0 Å². The summed E-state index contributed by atoms with van der Waals surface area (Å²) in [6.07, 6.45) is 1.76. The van der Waals surface area contributed by atoms with Crippen molar-refractivity contribution in [1.82, 2.24) is 0 Å². The van der Waals surface area contributed by atoms with Gasteiger partial charge in [0, 0.05) is 0 Å². The third-order valence-electron chi connectivity index (χ3n) is 3.29. The van der Waals surface area contributed by atoms with E-state index in [0.717, 1.165) is 24.0 Å². The largest absolute Gasteiger partial charge is 0.330 e. The molecule has 0 aliphatic heterocycles. The Morgan fingerprint density at radius 2 is 1.71 bits per heavy atom. The van der Waals surface area contributed by atoms with Crippen molar-refractivity contribution in [3.05, 3.63) is 59.7 Å². The molecule has 2 rings (SSSR count). The highest BCUT2D eigenvalue weighted by atomic mass is 32.2. The fourth-order valence-corrected chi connectivity index (χ4v) is 3.16. The molecule has 0 unspecified atom stereocenters. The van der Waals surface area contributed by atoms with Crippen molar-refractivity contribution in [3.63, 3.8) is 0 Å². The van der Waals surface area contributed by atoms with E-state index in [0.29, 0.717) is 12.2 Å². The van der Waals surface area contributed by atoms with Gasteiger partial charge < -0.3 is 5.73 Å². The number of nitrogens with one attached hydrogen (secondary N) is 1. The van der Waals surface area contributed by atoms with Crippen LogP contribution in [-0.2, 0) is 16.4 Å². The molecule has 0 saturated carbocycles. The first-order valence-electron chi connectivity index (χ1n) is 6.90. The van der Waals surface area contributed by atoms with E-state index >= 15 is 0 Å². The summed E-state index contributed by atoms with van der Waals surface area (Å²) < 4.78 is 27.3. The van der Waals surface area contributed by atoms with Crippen LogP contribution < -0.4 is 10.5 Å². The Morgan fingerprint density at radius 1 is 1.05 bits per heavy atom. The van der Waals surface area contributed by atoms with E-state index in [9.17, 15) is 8.42 Å². The predicted octanol–water partition coefficient (Wildman–Crippen LogP) is 2.69. The molecule has 0 atom stereocenters. The van der Waals surface area contributed by atoms with E-state index in [1.165, 1.54) is 0 Å². The topological polar surface area (TPSA) is 72.2 Å². The molecule has 0 fully saturated rings.